The molecule has 4 rings (SSSR count). The van der Waals surface area contributed by atoms with Gasteiger partial charge in [-0.1, -0.05) is 24.2 Å². The molecule has 1 atom stereocenters. The quantitative estimate of drug-likeness (QED) is 0.837. The Hall–Kier alpha value is -1.01. The third kappa shape index (κ3) is 1.66. The molecule has 1 aliphatic heterocycles. The molecule has 3 heterocycles. The van der Waals surface area contributed by atoms with Crippen molar-refractivity contribution in [2.24, 2.45) is 0 Å². The molecule has 0 radical (unpaired) electrons. The molecule has 0 amide bonds. The van der Waals surface area contributed by atoms with Gasteiger partial charge in [0.25, 0.3) is 0 Å². The first-order valence-electron chi connectivity index (χ1n) is 6.75. The van der Waals surface area contributed by atoms with Crippen molar-refractivity contribution in [1.82, 2.24) is 19.8 Å². The average Bonchev–Trinajstić information content (AvgIpc) is 3.13. The Kier molecular flexibility index (Phi) is 2.58. The lowest BCUT2D eigenvalue weighted by molar-refractivity contribution is 0.111. The summed E-state index contributed by atoms with van der Waals surface area (Å²) in [6.45, 7) is 0.861. The lowest BCUT2D eigenvalue weighted by Crippen LogP contribution is -2.03. The fraction of sp³-hybridized carbons (Fsp3) is 0.750. The van der Waals surface area contributed by atoms with Crippen LogP contribution < -0.4 is 0 Å². The van der Waals surface area contributed by atoms with E-state index in [1.165, 1.54) is 25.7 Å². The monoisotopic (exact) mass is 264 g/mol. The molecule has 18 heavy (non-hydrogen) atoms. The first-order valence-corrected chi connectivity index (χ1v) is 7.57. The minimum Gasteiger partial charge on any atom is -0.371 e. The van der Waals surface area contributed by atoms with Gasteiger partial charge in [0.2, 0.25) is 4.96 Å². The molecule has 96 valence electrons. The fourth-order valence-corrected chi connectivity index (χ4v) is 3.92. The van der Waals surface area contributed by atoms with E-state index >= 15 is 0 Å². The van der Waals surface area contributed by atoms with Gasteiger partial charge in [0.15, 0.2) is 5.82 Å². The molecule has 0 spiro atoms. The van der Waals surface area contributed by atoms with E-state index in [-0.39, 0.29) is 6.10 Å². The number of rotatable bonds is 2. The third-order valence-corrected chi connectivity index (χ3v) is 4.95. The first-order chi connectivity index (χ1) is 8.92. The highest BCUT2D eigenvalue weighted by Crippen LogP contribution is 2.35. The van der Waals surface area contributed by atoms with Crippen LogP contribution in [0.2, 0.25) is 0 Å². The predicted octanol–water partition coefficient (Wildman–Crippen LogP) is 2.69. The Bertz CT molecular complexity index is 551. The number of fused-ring (bicyclic) bond motifs is 1. The second-order valence-electron chi connectivity index (χ2n) is 5.18. The minimum absolute atomic E-state index is 0.188. The molecule has 0 N–H and O–H groups in total. The molecule has 6 heteroatoms. The van der Waals surface area contributed by atoms with Crippen LogP contribution in [-0.4, -0.2) is 26.4 Å². The molecule has 2 aromatic rings. The maximum absolute atomic E-state index is 5.69. The Balaban J connectivity index is 1.71. The van der Waals surface area contributed by atoms with Gasteiger partial charge in [-0.15, -0.1) is 10.2 Å². The lowest BCUT2D eigenvalue weighted by Gasteiger charge is -2.05. The summed E-state index contributed by atoms with van der Waals surface area (Å²) >= 11 is 1.63. The van der Waals surface area contributed by atoms with E-state index in [1.807, 2.05) is 4.52 Å². The molecule has 1 saturated carbocycles. The van der Waals surface area contributed by atoms with Gasteiger partial charge < -0.3 is 4.74 Å². The van der Waals surface area contributed by atoms with Gasteiger partial charge in [-0.25, -0.2) is 0 Å². The minimum atomic E-state index is 0.188. The van der Waals surface area contributed by atoms with Crippen molar-refractivity contribution in [3.05, 3.63) is 10.8 Å². The summed E-state index contributed by atoms with van der Waals surface area (Å²) in [5.41, 5.74) is 0. The van der Waals surface area contributed by atoms with Gasteiger partial charge in [0.1, 0.15) is 11.1 Å². The predicted molar refractivity (Wildman–Crippen MR) is 67.8 cm³/mol. The van der Waals surface area contributed by atoms with Gasteiger partial charge in [-0.05, 0) is 25.7 Å². The largest absolute Gasteiger partial charge is 0.371 e. The van der Waals surface area contributed by atoms with E-state index in [0.717, 1.165) is 35.2 Å². The van der Waals surface area contributed by atoms with Crippen LogP contribution in [0.25, 0.3) is 4.96 Å². The van der Waals surface area contributed by atoms with Gasteiger partial charge >= 0.3 is 0 Å². The Morgan fingerprint density at radius 2 is 2.00 bits per heavy atom. The van der Waals surface area contributed by atoms with E-state index in [4.69, 9.17) is 4.74 Å². The van der Waals surface area contributed by atoms with Crippen LogP contribution in [0.5, 0.6) is 0 Å². The van der Waals surface area contributed by atoms with Crippen molar-refractivity contribution in [3.63, 3.8) is 0 Å². The van der Waals surface area contributed by atoms with Crippen LogP contribution >= 0.6 is 11.3 Å². The van der Waals surface area contributed by atoms with E-state index in [0.29, 0.717) is 5.92 Å². The molecule has 0 unspecified atom stereocenters. The third-order valence-electron chi connectivity index (χ3n) is 3.96. The highest BCUT2D eigenvalue weighted by Gasteiger charge is 2.27. The topological polar surface area (TPSA) is 52.3 Å². The zero-order valence-electron chi connectivity index (χ0n) is 10.2. The second kappa shape index (κ2) is 4.28. The Labute approximate surface area is 109 Å². The molecule has 0 bridgehead atoms. The smallest absolute Gasteiger partial charge is 0.234 e. The van der Waals surface area contributed by atoms with Crippen LogP contribution in [0.3, 0.4) is 0 Å². The summed E-state index contributed by atoms with van der Waals surface area (Å²) in [6, 6.07) is 0. The van der Waals surface area contributed by atoms with Crippen LogP contribution in [0.1, 0.15) is 61.4 Å². The number of hydrogen-bond acceptors (Lipinski definition) is 5. The zero-order chi connectivity index (χ0) is 11.9. The van der Waals surface area contributed by atoms with Crippen molar-refractivity contribution < 1.29 is 4.74 Å². The van der Waals surface area contributed by atoms with Crippen molar-refractivity contribution >= 4 is 16.3 Å². The first kappa shape index (κ1) is 10.9. The van der Waals surface area contributed by atoms with E-state index in [2.05, 4.69) is 15.3 Å². The maximum atomic E-state index is 5.69. The lowest BCUT2D eigenvalue weighted by atomic mass is 10.1. The maximum Gasteiger partial charge on any atom is 0.234 e. The summed E-state index contributed by atoms with van der Waals surface area (Å²) < 4.78 is 7.65. The Morgan fingerprint density at radius 1 is 1.11 bits per heavy atom. The van der Waals surface area contributed by atoms with E-state index in [9.17, 15) is 0 Å². The molecule has 2 aliphatic rings. The average molecular weight is 264 g/mol. The number of nitrogens with zero attached hydrogens (tertiary/aromatic N) is 4. The highest BCUT2D eigenvalue weighted by molar-refractivity contribution is 7.16. The summed E-state index contributed by atoms with van der Waals surface area (Å²) in [6.07, 6.45) is 7.49. The molecule has 2 fully saturated rings. The Morgan fingerprint density at radius 3 is 2.78 bits per heavy atom. The fourth-order valence-electron chi connectivity index (χ4n) is 2.99. The molecule has 5 nitrogen and oxygen atoms in total. The van der Waals surface area contributed by atoms with Crippen LogP contribution in [0, 0.1) is 0 Å². The highest BCUT2D eigenvalue weighted by atomic mass is 32.1. The molecular formula is C12H16N4OS. The second-order valence-corrected chi connectivity index (χ2v) is 6.16. The molecule has 2 aromatic heterocycles. The van der Waals surface area contributed by atoms with Gasteiger partial charge in [-0.3, -0.25) is 0 Å². The van der Waals surface area contributed by atoms with Crippen LogP contribution in [-0.2, 0) is 4.74 Å². The van der Waals surface area contributed by atoms with E-state index in [1.54, 1.807) is 11.3 Å². The van der Waals surface area contributed by atoms with Gasteiger partial charge in [-0.2, -0.15) is 9.61 Å². The van der Waals surface area contributed by atoms with Crippen molar-refractivity contribution in [3.8, 4) is 0 Å². The van der Waals surface area contributed by atoms with Gasteiger partial charge in [0, 0.05) is 12.5 Å². The molecule has 0 aromatic carbocycles. The number of hydrogen-bond donors (Lipinski definition) is 0. The SMILES string of the molecule is C1CCC(c2nnc3sc([C@H]4CCCO4)nn23)C1. The molecular weight excluding hydrogens is 248 g/mol. The van der Waals surface area contributed by atoms with Crippen LogP contribution in [0.15, 0.2) is 0 Å². The molecule has 1 saturated heterocycles. The van der Waals surface area contributed by atoms with Crippen molar-refractivity contribution in [2.75, 3.05) is 6.61 Å². The number of ether oxygens (including phenoxy) is 1. The van der Waals surface area contributed by atoms with Gasteiger partial charge in [0.05, 0.1) is 0 Å². The normalized spacial score (nSPS) is 25.4. The summed E-state index contributed by atoms with van der Waals surface area (Å²) in [5, 5.41) is 14.3. The van der Waals surface area contributed by atoms with E-state index < -0.39 is 0 Å². The number of aromatic nitrogens is 4. The zero-order valence-corrected chi connectivity index (χ0v) is 11.0. The summed E-state index contributed by atoms with van der Waals surface area (Å²) in [5.74, 6) is 1.61. The summed E-state index contributed by atoms with van der Waals surface area (Å²) in [7, 11) is 0. The standard InChI is InChI=1S/C12H16N4OS/c1-2-5-8(4-1)10-13-14-12-16(10)15-11(18-12)9-6-3-7-17-9/h8-9H,1-7H2/t9-/m1/s1. The molecule has 1 aliphatic carbocycles. The van der Waals surface area contributed by atoms with Crippen LogP contribution in [0.4, 0.5) is 0 Å². The van der Waals surface area contributed by atoms with Crippen molar-refractivity contribution in [2.45, 2.75) is 50.5 Å². The van der Waals surface area contributed by atoms with Crippen molar-refractivity contribution in [1.29, 1.82) is 0 Å². The summed E-state index contributed by atoms with van der Waals surface area (Å²) in [4.78, 5) is 0.919.